The normalized spacial score (nSPS) is 14.8. The van der Waals surface area contributed by atoms with Gasteiger partial charge in [0.05, 0.1) is 24.2 Å². The van der Waals surface area contributed by atoms with E-state index in [4.69, 9.17) is 26.8 Å². The predicted molar refractivity (Wildman–Crippen MR) is 143 cm³/mol. The second-order valence-corrected chi connectivity index (χ2v) is 8.42. The second-order valence-electron chi connectivity index (χ2n) is 8.04. The van der Waals surface area contributed by atoms with Crippen LogP contribution in [0.1, 0.15) is 26.7 Å². The number of hydrogen-bond acceptors (Lipinski definition) is 7. The first-order valence-corrected chi connectivity index (χ1v) is 12.3. The van der Waals surface area contributed by atoms with Crippen LogP contribution in [0.5, 0.6) is 5.75 Å². The fourth-order valence-electron chi connectivity index (χ4n) is 3.78. The molecule has 2 aromatic carbocycles. The molecule has 1 amide bonds. The van der Waals surface area contributed by atoms with Crippen molar-refractivity contribution in [3.63, 3.8) is 0 Å². The molecular formula is C26H32ClN5O4. The number of benzene rings is 2. The van der Waals surface area contributed by atoms with Gasteiger partial charge in [-0.3, -0.25) is 4.79 Å². The number of nitrogens with one attached hydrogen (secondary N) is 1. The summed E-state index contributed by atoms with van der Waals surface area (Å²) >= 11 is 6.36. The van der Waals surface area contributed by atoms with E-state index in [9.17, 15) is 9.59 Å². The Morgan fingerprint density at radius 2 is 1.83 bits per heavy atom. The first-order chi connectivity index (χ1) is 17.4. The lowest BCUT2D eigenvalue weighted by atomic mass is 10.0. The molecule has 9 nitrogen and oxygen atoms in total. The van der Waals surface area contributed by atoms with Crippen molar-refractivity contribution in [2.45, 2.75) is 26.7 Å². The summed E-state index contributed by atoms with van der Waals surface area (Å²) in [6.45, 7) is 6.20. The molecule has 0 saturated carbocycles. The maximum Gasteiger partial charge on any atom is 0.409 e. The smallest absolute Gasteiger partial charge is 0.409 e. The molecule has 1 unspecified atom stereocenters. The third-order valence-electron chi connectivity index (χ3n) is 5.68. The number of amides is 1. The van der Waals surface area contributed by atoms with Crippen LogP contribution >= 0.6 is 11.6 Å². The highest BCUT2D eigenvalue weighted by molar-refractivity contribution is 6.32. The number of carbonyl (C=O) groups is 1. The number of carbonyl (C=O) groups excluding carboxylic acids is 1. The molecule has 3 aromatic rings. The fraction of sp³-hybridized carbons (Fsp3) is 0.346. The highest BCUT2D eigenvalue weighted by Gasteiger charge is 2.16. The Labute approximate surface area is 215 Å². The summed E-state index contributed by atoms with van der Waals surface area (Å²) < 4.78 is 11.6. The van der Waals surface area contributed by atoms with Gasteiger partial charge >= 0.3 is 6.09 Å². The van der Waals surface area contributed by atoms with E-state index in [0.717, 1.165) is 30.8 Å². The molecule has 1 aromatic heterocycles. The highest BCUT2D eigenvalue weighted by Crippen LogP contribution is 2.26. The first-order valence-electron chi connectivity index (χ1n) is 11.9. The third kappa shape index (κ3) is 6.77. The summed E-state index contributed by atoms with van der Waals surface area (Å²) in [5, 5.41) is 7.63. The molecule has 192 valence electrons. The van der Waals surface area contributed by atoms with Crippen LogP contribution in [0.3, 0.4) is 0 Å². The topological polar surface area (TPSA) is 112 Å². The van der Waals surface area contributed by atoms with Gasteiger partial charge in [-0.05, 0) is 67.3 Å². The number of nitrogens with zero attached hydrogens (tertiary/aromatic N) is 3. The first kappa shape index (κ1) is 27.0. The molecule has 0 bridgehead atoms. The number of hydrogen-bond donors (Lipinski definition) is 2. The lowest BCUT2D eigenvalue weighted by Gasteiger charge is -2.23. The molecule has 36 heavy (non-hydrogen) atoms. The summed E-state index contributed by atoms with van der Waals surface area (Å²) in [6, 6.07) is 14.3. The van der Waals surface area contributed by atoms with Gasteiger partial charge in [-0.15, -0.1) is 0 Å². The summed E-state index contributed by atoms with van der Waals surface area (Å²) in [5.74, 6) is 0.760. The van der Waals surface area contributed by atoms with Crippen molar-refractivity contribution in [3.8, 4) is 11.4 Å². The zero-order valence-electron chi connectivity index (χ0n) is 20.7. The predicted octanol–water partition coefficient (Wildman–Crippen LogP) is 4.98. The maximum absolute atomic E-state index is 12.8. The average Bonchev–Trinajstić information content (AvgIpc) is 2.91. The minimum Gasteiger partial charge on any atom is -0.411 e. The van der Waals surface area contributed by atoms with Crippen LogP contribution < -0.4 is 26.2 Å². The SMILES string of the molecule is CC.CN(c1ccc(OC(N)=O)cc1)c1ccc(-n2ncc(NCC3CCCOC3)c(Cl)c2=O)cc1. The molecule has 1 fully saturated rings. The van der Waals surface area contributed by atoms with E-state index >= 15 is 0 Å². The Hall–Kier alpha value is -3.56. The number of rotatable bonds is 7. The molecule has 3 N–H and O–H groups in total. The van der Waals surface area contributed by atoms with Crippen molar-refractivity contribution in [1.29, 1.82) is 0 Å². The van der Waals surface area contributed by atoms with Crippen molar-refractivity contribution in [2.24, 2.45) is 11.7 Å². The lowest BCUT2D eigenvalue weighted by molar-refractivity contribution is 0.0595. The summed E-state index contributed by atoms with van der Waals surface area (Å²) in [6.07, 6.45) is 2.84. The molecule has 0 radical (unpaired) electrons. The van der Waals surface area contributed by atoms with Gasteiger partial charge in [0.15, 0.2) is 0 Å². The van der Waals surface area contributed by atoms with Crippen LogP contribution in [0, 0.1) is 5.92 Å². The van der Waals surface area contributed by atoms with E-state index in [1.54, 1.807) is 30.5 Å². The minimum absolute atomic E-state index is 0.103. The van der Waals surface area contributed by atoms with Gasteiger partial charge in [-0.25, -0.2) is 4.79 Å². The van der Waals surface area contributed by atoms with Gasteiger partial charge in [0.1, 0.15) is 10.8 Å². The number of ether oxygens (including phenoxy) is 2. The van der Waals surface area contributed by atoms with Crippen molar-refractivity contribution >= 4 is 34.8 Å². The molecule has 2 heterocycles. The Morgan fingerprint density at radius 3 is 2.42 bits per heavy atom. The Morgan fingerprint density at radius 1 is 1.19 bits per heavy atom. The van der Waals surface area contributed by atoms with Crippen LogP contribution in [-0.4, -0.2) is 42.7 Å². The number of halogens is 1. The zero-order chi connectivity index (χ0) is 26.1. The van der Waals surface area contributed by atoms with E-state index < -0.39 is 11.7 Å². The number of anilines is 3. The summed E-state index contributed by atoms with van der Waals surface area (Å²) in [7, 11) is 1.90. The van der Waals surface area contributed by atoms with Crippen molar-refractivity contribution in [2.75, 3.05) is 37.0 Å². The van der Waals surface area contributed by atoms with Gasteiger partial charge in [-0.2, -0.15) is 9.78 Å². The largest absolute Gasteiger partial charge is 0.411 e. The van der Waals surface area contributed by atoms with Gasteiger partial charge in [0.25, 0.3) is 5.56 Å². The van der Waals surface area contributed by atoms with Crippen LogP contribution in [0.25, 0.3) is 5.69 Å². The van der Waals surface area contributed by atoms with E-state index in [-0.39, 0.29) is 5.02 Å². The molecule has 10 heteroatoms. The molecule has 1 aliphatic rings. The van der Waals surface area contributed by atoms with Crippen molar-refractivity contribution in [1.82, 2.24) is 9.78 Å². The van der Waals surface area contributed by atoms with Crippen LogP contribution in [-0.2, 0) is 4.74 Å². The minimum atomic E-state index is -0.858. The average molecular weight is 514 g/mol. The van der Waals surface area contributed by atoms with E-state index in [0.29, 0.717) is 36.2 Å². The molecule has 1 saturated heterocycles. The molecule has 0 spiro atoms. The lowest BCUT2D eigenvalue weighted by Crippen LogP contribution is -2.26. The van der Waals surface area contributed by atoms with Crippen LogP contribution in [0.15, 0.2) is 59.5 Å². The van der Waals surface area contributed by atoms with E-state index in [1.165, 1.54) is 4.68 Å². The zero-order valence-corrected chi connectivity index (χ0v) is 21.5. The second kappa shape index (κ2) is 12.9. The Kier molecular flexibility index (Phi) is 9.72. The molecule has 1 aliphatic heterocycles. The fourth-order valence-corrected chi connectivity index (χ4v) is 3.98. The van der Waals surface area contributed by atoms with Crippen LogP contribution in [0.2, 0.25) is 5.02 Å². The quantitative estimate of drug-likeness (QED) is 0.458. The summed E-state index contributed by atoms with van der Waals surface area (Å²) in [5.41, 5.74) is 7.53. The summed E-state index contributed by atoms with van der Waals surface area (Å²) in [4.78, 5) is 25.6. The third-order valence-corrected chi connectivity index (χ3v) is 6.04. The number of nitrogens with two attached hydrogens (primary N) is 1. The van der Waals surface area contributed by atoms with Crippen molar-refractivity contribution in [3.05, 3.63) is 70.1 Å². The van der Waals surface area contributed by atoms with E-state index in [1.807, 2.05) is 50.1 Å². The van der Waals surface area contributed by atoms with Crippen molar-refractivity contribution < 1.29 is 14.3 Å². The standard InChI is InChI=1S/C24H26ClN5O4.C2H6/c1-29(18-8-10-20(11-9-18)34-24(26)32)17-4-6-19(7-5-17)30-23(31)22(25)21(14-28-30)27-13-16-3-2-12-33-15-16;1-2/h4-11,14,16,27H,2-3,12-13,15H2,1H3,(H2,26,32);1-2H3. The van der Waals surface area contributed by atoms with Gasteiger partial charge in [0, 0.05) is 31.6 Å². The molecule has 0 aliphatic carbocycles. The maximum atomic E-state index is 12.8. The monoisotopic (exact) mass is 513 g/mol. The van der Waals surface area contributed by atoms with Crippen LogP contribution in [0.4, 0.5) is 21.9 Å². The number of aromatic nitrogens is 2. The van der Waals surface area contributed by atoms with Gasteiger partial charge < -0.3 is 25.4 Å². The highest BCUT2D eigenvalue weighted by atomic mass is 35.5. The Balaban J connectivity index is 0.00000176. The molecular weight excluding hydrogens is 482 g/mol. The van der Waals surface area contributed by atoms with Gasteiger partial charge in [-0.1, -0.05) is 25.4 Å². The van der Waals surface area contributed by atoms with Gasteiger partial charge in [0.2, 0.25) is 0 Å². The number of primary amides is 1. The Bertz CT molecular complexity index is 1190. The van der Waals surface area contributed by atoms with E-state index in [2.05, 4.69) is 10.4 Å². The molecule has 4 rings (SSSR count). The molecule has 1 atom stereocenters.